The van der Waals surface area contributed by atoms with Crippen molar-refractivity contribution in [3.05, 3.63) is 77.7 Å². The third-order valence-corrected chi connectivity index (χ3v) is 6.24. The fraction of sp³-hybridized carbons (Fsp3) is 0.444. The standard InChI is InChI=1S/C27H34N2O4/c1-22-8-5-6-12-25(22)32-19-18-28-14-16-29(17-15-28)27(30)13-7-11-24-20-31-21-26(33-24)23-9-3-2-4-10-23/h2-3,5-6,8-9,12,20-21H,4,7,10-11,13-19H2,1H3. The number of carbonyl (C=O) groups is 1. The van der Waals surface area contributed by atoms with Crippen LogP contribution in [0.2, 0.25) is 0 Å². The number of para-hydroxylation sites is 1. The van der Waals surface area contributed by atoms with E-state index in [0.29, 0.717) is 19.4 Å². The minimum absolute atomic E-state index is 0.221. The van der Waals surface area contributed by atoms with Crippen LogP contribution in [0, 0.1) is 6.92 Å². The van der Waals surface area contributed by atoms with Gasteiger partial charge >= 0.3 is 0 Å². The maximum atomic E-state index is 12.7. The number of piperazine rings is 1. The molecule has 1 aromatic carbocycles. The zero-order valence-electron chi connectivity index (χ0n) is 19.5. The molecule has 33 heavy (non-hydrogen) atoms. The van der Waals surface area contributed by atoms with Crippen LogP contribution in [0.25, 0.3) is 0 Å². The number of amides is 1. The third kappa shape index (κ3) is 6.75. The van der Waals surface area contributed by atoms with Crippen molar-refractivity contribution in [1.82, 2.24) is 9.80 Å². The Morgan fingerprint density at radius 3 is 2.76 bits per heavy atom. The first-order chi connectivity index (χ1) is 16.2. The van der Waals surface area contributed by atoms with Crippen molar-refractivity contribution in [3.8, 4) is 5.75 Å². The molecule has 6 nitrogen and oxygen atoms in total. The fourth-order valence-electron chi connectivity index (χ4n) is 4.22. The van der Waals surface area contributed by atoms with E-state index < -0.39 is 0 Å². The molecule has 3 aliphatic rings. The normalized spacial score (nSPS) is 18.6. The van der Waals surface area contributed by atoms with Gasteiger partial charge in [0.05, 0.1) is 0 Å². The van der Waals surface area contributed by atoms with Gasteiger partial charge in [0.1, 0.15) is 30.6 Å². The Kier molecular flexibility index (Phi) is 8.25. The lowest BCUT2D eigenvalue weighted by Gasteiger charge is -2.34. The molecule has 1 saturated heterocycles. The number of nitrogens with zero attached hydrogens (tertiary/aromatic N) is 2. The second kappa shape index (κ2) is 11.8. The van der Waals surface area contributed by atoms with Crippen molar-refractivity contribution in [2.75, 3.05) is 39.3 Å². The van der Waals surface area contributed by atoms with Gasteiger partial charge in [-0.05, 0) is 43.4 Å². The maximum Gasteiger partial charge on any atom is 0.222 e. The van der Waals surface area contributed by atoms with Crippen LogP contribution in [-0.4, -0.2) is 55.0 Å². The number of hydrogen-bond donors (Lipinski definition) is 0. The number of allylic oxidation sites excluding steroid dienone is 5. The second-order valence-electron chi connectivity index (χ2n) is 8.65. The largest absolute Gasteiger partial charge is 0.492 e. The molecular weight excluding hydrogens is 416 g/mol. The summed E-state index contributed by atoms with van der Waals surface area (Å²) in [5, 5.41) is 0. The molecule has 0 atom stereocenters. The van der Waals surface area contributed by atoms with Crippen LogP contribution < -0.4 is 4.74 Å². The van der Waals surface area contributed by atoms with Gasteiger partial charge in [0.2, 0.25) is 5.91 Å². The second-order valence-corrected chi connectivity index (χ2v) is 8.65. The van der Waals surface area contributed by atoms with E-state index >= 15 is 0 Å². The SMILES string of the molecule is Cc1ccccc1OCCN1CCN(C(=O)CCCC2=COC=C(C3=CC=CCC3)O2)CC1. The molecule has 0 spiro atoms. The molecule has 0 aromatic heterocycles. The molecule has 0 N–H and O–H groups in total. The summed E-state index contributed by atoms with van der Waals surface area (Å²) in [6.07, 6.45) is 13.5. The number of rotatable bonds is 9. The summed E-state index contributed by atoms with van der Waals surface area (Å²) >= 11 is 0. The average Bonchev–Trinajstić information content (AvgIpc) is 2.86. The topological polar surface area (TPSA) is 51.2 Å². The van der Waals surface area contributed by atoms with Crippen LogP contribution in [-0.2, 0) is 14.3 Å². The number of aryl methyl sites for hydroxylation is 1. The van der Waals surface area contributed by atoms with Crippen molar-refractivity contribution in [1.29, 1.82) is 0 Å². The summed E-state index contributed by atoms with van der Waals surface area (Å²) in [5.74, 6) is 2.74. The van der Waals surface area contributed by atoms with Crippen LogP contribution >= 0.6 is 0 Å². The number of carbonyl (C=O) groups excluding carboxylic acids is 1. The number of ether oxygens (including phenoxy) is 3. The molecule has 0 bridgehead atoms. The van der Waals surface area contributed by atoms with Crippen LogP contribution in [0.3, 0.4) is 0 Å². The highest BCUT2D eigenvalue weighted by Gasteiger charge is 2.21. The third-order valence-electron chi connectivity index (χ3n) is 6.24. The van der Waals surface area contributed by atoms with Crippen LogP contribution in [0.4, 0.5) is 0 Å². The smallest absolute Gasteiger partial charge is 0.222 e. The van der Waals surface area contributed by atoms with E-state index in [1.807, 2.05) is 23.1 Å². The van der Waals surface area contributed by atoms with E-state index in [4.69, 9.17) is 14.2 Å². The molecule has 1 fully saturated rings. The van der Waals surface area contributed by atoms with Gasteiger partial charge in [-0.15, -0.1) is 0 Å². The highest BCUT2D eigenvalue weighted by Crippen LogP contribution is 2.28. The first-order valence-electron chi connectivity index (χ1n) is 12.0. The molecule has 4 rings (SSSR count). The van der Waals surface area contributed by atoms with Gasteiger partial charge in [0, 0.05) is 45.6 Å². The molecule has 2 aliphatic heterocycles. The lowest BCUT2D eigenvalue weighted by molar-refractivity contribution is -0.133. The van der Waals surface area contributed by atoms with E-state index in [1.165, 1.54) is 0 Å². The molecule has 1 aromatic rings. The zero-order valence-corrected chi connectivity index (χ0v) is 19.5. The summed E-state index contributed by atoms with van der Waals surface area (Å²) in [4.78, 5) is 17.0. The lowest BCUT2D eigenvalue weighted by Crippen LogP contribution is -2.49. The van der Waals surface area contributed by atoms with Gasteiger partial charge in [-0.1, -0.05) is 36.4 Å². The molecule has 0 unspecified atom stereocenters. The summed E-state index contributed by atoms with van der Waals surface area (Å²) in [6, 6.07) is 8.09. The minimum Gasteiger partial charge on any atom is -0.492 e. The maximum absolute atomic E-state index is 12.7. The molecule has 1 amide bonds. The van der Waals surface area contributed by atoms with Crippen LogP contribution in [0.5, 0.6) is 5.75 Å². The van der Waals surface area contributed by atoms with E-state index in [-0.39, 0.29) is 5.91 Å². The molecule has 2 heterocycles. The summed E-state index contributed by atoms with van der Waals surface area (Å²) < 4.78 is 17.4. The van der Waals surface area contributed by atoms with Gasteiger partial charge in [-0.3, -0.25) is 9.69 Å². The molecule has 0 radical (unpaired) electrons. The van der Waals surface area contributed by atoms with E-state index in [1.54, 1.807) is 12.5 Å². The van der Waals surface area contributed by atoms with Crippen LogP contribution in [0.15, 0.2) is 72.1 Å². The molecule has 0 saturated carbocycles. The minimum atomic E-state index is 0.221. The van der Waals surface area contributed by atoms with Crippen molar-refractivity contribution in [2.24, 2.45) is 0 Å². The Morgan fingerprint density at radius 2 is 1.97 bits per heavy atom. The van der Waals surface area contributed by atoms with Gasteiger partial charge in [0.15, 0.2) is 5.76 Å². The summed E-state index contributed by atoms with van der Waals surface area (Å²) in [6.45, 7) is 6.94. The van der Waals surface area contributed by atoms with Crippen molar-refractivity contribution < 1.29 is 19.0 Å². The van der Waals surface area contributed by atoms with E-state index in [2.05, 4.69) is 36.1 Å². The Hall–Kier alpha value is -2.99. The molecule has 6 heteroatoms. The Bertz CT molecular complexity index is 939. The monoisotopic (exact) mass is 450 g/mol. The predicted octanol–water partition coefficient (Wildman–Crippen LogP) is 4.69. The van der Waals surface area contributed by atoms with E-state index in [0.717, 1.165) is 80.4 Å². The van der Waals surface area contributed by atoms with E-state index in [9.17, 15) is 4.79 Å². The molecular formula is C27H34N2O4. The molecule has 1 aliphatic carbocycles. The first-order valence-corrected chi connectivity index (χ1v) is 12.0. The van der Waals surface area contributed by atoms with Crippen molar-refractivity contribution >= 4 is 5.91 Å². The van der Waals surface area contributed by atoms with Gasteiger partial charge in [0.25, 0.3) is 0 Å². The highest BCUT2D eigenvalue weighted by atomic mass is 16.5. The Balaban J connectivity index is 1.11. The summed E-state index contributed by atoms with van der Waals surface area (Å²) in [7, 11) is 0. The lowest BCUT2D eigenvalue weighted by atomic mass is 10.0. The average molecular weight is 451 g/mol. The van der Waals surface area contributed by atoms with Gasteiger partial charge < -0.3 is 19.1 Å². The first kappa shape index (κ1) is 23.2. The van der Waals surface area contributed by atoms with Gasteiger partial charge in [-0.25, -0.2) is 0 Å². The highest BCUT2D eigenvalue weighted by molar-refractivity contribution is 5.76. The van der Waals surface area contributed by atoms with Crippen LogP contribution in [0.1, 0.15) is 37.7 Å². The number of benzene rings is 1. The van der Waals surface area contributed by atoms with Crippen molar-refractivity contribution in [2.45, 2.75) is 39.0 Å². The number of hydrogen-bond acceptors (Lipinski definition) is 5. The zero-order chi connectivity index (χ0) is 22.9. The Labute approximate surface area is 196 Å². The van der Waals surface area contributed by atoms with Gasteiger partial charge in [-0.2, -0.15) is 0 Å². The fourth-order valence-corrected chi connectivity index (χ4v) is 4.22. The summed E-state index contributed by atoms with van der Waals surface area (Å²) in [5.41, 5.74) is 2.31. The predicted molar refractivity (Wildman–Crippen MR) is 128 cm³/mol. The molecule has 176 valence electrons. The van der Waals surface area contributed by atoms with Crippen molar-refractivity contribution in [3.63, 3.8) is 0 Å². The quantitative estimate of drug-likeness (QED) is 0.546. The Morgan fingerprint density at radius 1 is 1.12 bits per heavy atom.